The number of anilines is 1. The molecule has 1 amide bonds. The van der Waals surface area contributed by atoms with Crippen LogP contribution < -0.4 is 4.90 Å². The maximum absolute atomic E-state index is 12.1. The molecule has 0 aliphatic carbocycles. The van der Waals surface area contributed by atoms with Gasteiger partial charge in [-0.25, -0.2) is 4.79 Å². The van der Waals surface area contributed by atoms with Crippen LogP contribution in [-0.2, 0) is 19.1 Å². The average molecular weight is 312 g/mol. The zero-order valence-corrected chi connectivity index (χ0v) is 12.3. The van der Waals surface area contributed by atoms with Crippen molar-refractivity contribution in [1.29, 1.82) is 0 Å². The van der Waals surface area contributed by atoms with Gasteiger partial charge in [0, 0.05) is 24.7 Å². The number of aliphatic carboxylic acids is 1. The lowest BCUT2D eigenvalue weighted by Crippen LogP contribution is -2.27. The van der Waals surface area contributed by atoms with Crippen LogP contribution in [0.25, 0.3) is 0 Å². The molecule has 1 aromatic carbocycles. The molecule has 21 heavy (non-hydrogen) atoms. The number of carbonyl (C=O) groups is 3. The van der Waals surface area contributed by atoms with Crippen LogP contribution in [0.15, 0.2) is 36.1 Å². The molecule has 0 aromatic heterocycles. The molecule has 0 saturated heterocycles. The van der Waals surface area contributed by atoms with Gasteiger partial charge in [0.15, 0.2) is 0 Å². The number of hydrogen-bond donors (Lipinski definition) is 1. The number of hydrogen-bond acceptors (Lipinski definition) is 4. The van der Waals surface area contributed by atoms with Gasteiger partial charge in [-0.05, 0) is 24.3 Å². The highest BCUT2D eigenvalue weighted by atomic mass is 35.5. The summed E-state index contributed by atoms with van der Waals surface area (Å²) >= 11 is 5.76. The van der Waals surface area contributed by atoms with Gasteiger partial charge >= 0.3 is 11.9 Å². The number of nitrogens with zero attached hydrogens (tertiary/aromatic N) is 1. The third kappa shape index (κ3) is 5.66. The van der Waals surface area contributed by atoms with Crippen molar-refractivity contribution >= 4 is 35.1 Å². The highest BCUT2D eigenvalue weighted by molar-refractivity contribution is 6.30. The first-order valence-corrected chi connectivity index (χ1v) is 6.31. The summed E-state index contributed by atoms with van der Waals surface area (Å²) in [6.45, 7) is 1.13. The van der Waals surface area contributed by atoms with Crippen LogP contribution in [-0.4, -0.2) is 30.0 Å². The first-order valence-electron chi connectivity index (χ1n) is 5.93. The quantitative estimate of drug-likeness (QED) is 0.512. The van der Waals surface area contributed by atoms with Crippen molar-refractivity contribution in [3.8, 4) is 0 Å². The van der Waals surface area contributed by atoms with E-state index < -0.39 is 17.8 Å². The second-order valence-electron chi connectivity index (χ2n) is 4.15. The van der Waals surface area contributed by atoms with Crippen molar-refractivity contribution in [2.75, 3.05) is 11.9 Å². The highest BCUT2D eigenvalue weighted by Crippen LogP contribution is 2.18. The van der Waals surface area contributed by atoms with Crippen LogP contribution in [0.1, 0.15) is 13.3 Å². The minimum absolute atomic E-state index is 0.221. The summed E-state index contributed by atoms with van der Waals surface area (Å²) in [6.07, 6.45) is 0.347. The monoisotopic (exact) mass is 311 g/mol. The van der Waals surface area contributed by atoms with Crippen LogP contribution in [0.3, 0.4) is 0 Å². The normalized spacial score (nSPS) is 10.9. The molecule has 0 heterocycles. The number of benzene rings is 1. The first-order chi connectivity index (χ1) is 9.79. The Labute approximate surface area is 126 Å². The molecular weight excluding hydrogens is 298 g/mol. The number of amides is 1. The van der Waals surface area contributed by atoms with Crippen molar-refractivity contribution in [2.45, 2.75) is 13.3 Å². The van der Waals surface area contributed by atoms with E-state index in [0.29, 0.717) is 16.8 Å². The minimum Gasteiger partial charge on any atom is -0.478 e. The summed E-state index contributed by atoms with van der Waals surface area (Å²) < 4.78 is 4.71. The summed E-state index contributed by atoms with van der Waals surface area (Å²) in [5, 5.41) is 9.22. The van der Waals surface area contributed by atoms with E-state index in [1.54, 1.807) is 24.3 Å². The molecule has 0 bridgehead atoms. The Balaban J connectivity index is 2.83. The van der Waals surface area contributed by atoms with Crippen molar-refractivity contribution in [3.05, 3.63) is 41.1 Å². The van der Waals surface area contributed by atoms with Crippen LogP contribution in [0, 0.1) is 0 Å². The molecule has 0 aliphatic rings. The lowest BCUT2D eigenvalue weighted by Gasteiger charge is -2.18. The SMILES string of the molecule is CC(=O)OC(=CC(=O)O)CC(=O)N(C)c1ccc(Cl)cc1. The van der Waals surface area contributed by atoms with E-state index in [1.165, 1.54) is 11.9 Å². The van der Waals surface area contributed by atoms with E-state index in [-0.39, 0.29) is 12.2 Å². The van der Waals surface area contributed by atoms with E-state index in [2.05, 4.69) is 0 Å². The minimum atomic E-state index is -1.30. The maximum Gasteiger partial charge on any atom is 0.331 e. The smallest absolute Gasteiger partial charge is 0.331 e. The molecular formula is C14H14ClNO5. The zero-order valence-electron chi connectivity index (χ0n) is 11.5. The number of carboxylic acids is 1. The summed E-state index contributed by atoms with van der Waals surface area (Å²) in [4.78, 5) is 34.9. The Bertz CT molecular complexity index is 580. The zero-order chi connectivity index (χ0) is 16.0. The van der Waals surface area contributed by atoms with Gasteiger partial charge in [0.2, 0.25) is 5.91 Å². The lowest BCUT2D eigenvalue weighted by atomic mass is 10.2. The Hall–Kier alpha value is -2.34. The topological polar surface area (TPSA) is 83.9 Å². The number of esters is 1. The van der Waals surface area contributed by atoms with E-state index in [4.69, 9.17) is 21.4 Å². The fourth-order valence-electron chi connectivity index (χ4n) is 1.52. The molecule has 1 rings (SSSR count). The number of halogens is 1. The van der Waals surface area contributed by atoms with Crippen LogP contribution in [0.2, 0.25) is 5.02 Å². The Morgan fingerprint density at radius 1 is 1.29 bits per heavy atom. The van der Waals surface area contributed by atoms with Gasteiger partial charge in [-0.1, -0.05) is 11.6 Å². The first kappa shape index (κ1) is 16.7. The Morgan fingerprint density at radius 2 is 1.86 bits per heavy atom. The average Bonchev–Trinajstić information content (AvgIpc) is 2.37. The summed E-state index contributed by atoms with van der Waals surface area (Å²) in [6, 6.07) is 6.54. The van der Waals surface area contributed by atoms with Gasteiger partial charge in [0.05, 0.1) is 12.5 Å². The molecule has 0 aliphatic heterocycles. The van der Waals surface area contributed by atoms with Crippen LogP contribution in [0.4, 0.5) is 5.69 Å². The van der Waals surface area contributed by atoms with Gasteiger partial charge < -0.3 is 14.7 Å². The van der Waals surface area contributed by atoms with E-state index in [1.807, 2.05) is 0 Å². The predicted octanol–water partition coefficient (Wildman–Crippen LogP) is 2.22. The second kappa shape index (κ2) is 7.44. The third-order valence-corrected chi connectivity index (χ3v) is 2.72. The largest absolute Gasteiger partial charge is 0.478 e. The fourth-order valence-corrected chi connectivity index (χ4v) is 1.64. The Morgan fingerprint density at radius 3 is 2.33 bits per heavy atom. The molecule has 7 heteroatoms. The van der Waals surface area contributed by atoms with Crippen molar-refractivity contribution < 1.29 is 24.2 Å². The van der Waals surface area contributed by atoms with Gasteiger partial charge in [0.1, 0.15) is 5.76 Å². The van der Waals surface area contributed by atoms with Gasteiger partial charge in [-0.15, -0.1) is 0 Å². The third-order valence-electron chi connectivity index (χ3n) is 2.47. The number of carboxylic acid groups (broad SMARTS) is 1. The fraction of sp³-hybridized carbons (Fsp3) is 0.214. The molecule has 0 spiro atoms. The molecule has 0 atom stereocenters. The van der Waals surface area contributed by atoms with E-state index in [0.717, 1.165) is 6.92 Å². The van der Waals surface area contributed by atoms with Crippen LogP contribution in [0.5, 0.6) is 0 Å². The van der Waals surface area contributed by atoms with E-state index >= 15 is 0 Å². The predicted molar refractivity (Wildman–Crippen MR) is 77.0 cm³/mol. The molecule has 6 nitrogen and oxygen atoms in total. The molecule has 0 unspecified atom stereocenters. The maximum atomic E-state index is 12.1. The molecule has 1 N–H and O–H groups in total. The van der Waals surface area contributed by atoms with Crippen molar-refractivity contribution in [1.82, 2.24) is 0 Å². The van der Waals surface area contributed by atoms with Gasteiger partial charge in [-0.2, -0.15) is 0 Å². The highest BCUT2D eigenvalue weighted by Gasteiger charge is 2.16. The standard InChI is InChI=1S/C14H14ClNO5/c1-9(17)21-12(8-14(19)20)7-13(18)16(2)11-5-3-10(15)4-6-11/h3-6,8H,7H2,1-2H3,(H,19,20). The molecule has 0 radical (unpaired) electrons. The van der Waals surface area contributed by atoms with E-state index in [9.17, 15) is 14.4 Å². The molecule has 1 aromatic rings. The number of ether oxygens (including phenoxy) is 1. The lowest BCUT2D eigenvalue weighted by molar-refractivity contribution is -0.137. The van der Waals surface area contributed by atoms with Crippen LogP contribution >= 0.6 is 11.6 Å². The molecule has 0 saturated carbocycles. The molecule has 0 fully saturated rings. The van der Waals surface area contributed by atoms with Gasteiger partial charge in [-0.3, -0.25) is 9.59 Å². The Kier molecular flexibility index (Phi) is 5.92. The summed E-state index contributed by atoms with van der Waals surface area (Å²) in [7, 11) is 1.53. The second-order valence-corrected chi connectivity index (χ2v) is 4.58. The van der Waals surface area contributed by atoms with Gasteiger partial charge in [0.25, 0.3) is 0 Å². The van der Waals surface area contributed by atoms with Crippen molar-refractivity contribution in [2.24, 2.45) is 0 Å². The number of carbonyl (C=O) groups excluding carboxylic acids is 2. The summed E-state index contributed by atoms with van der Waals surface area (Å²) in [5.74, 6) is -2.63. The molecule has 112 valence electrons. The number of rotatable bonds is 5. The summed E-state index contributed by atoms with van der Waals surface area (Å²) in [5.41, 5.74) is 0.585. The van der Waals surface area contributed by atoms with Crippen molar-refractivity contribution in [3.63, 3.8) is 0 Å².